The highest BCUT2D eigenvalue weighted by atomic mass is 16.2. The Kier molecular flexibility index (Phi) is 5.92. The van der Waals surface area contributed by atoms with Crippen LogP contribution in [0.5, 0.6) is 0 Å². The van der Waals surface area contributed by atoms with Gasteiger partial charge in [0.05, 0.1) is 0 Å². The van der Waals surface area contributed by atoms with Gasteiger partial charge in [-0.25, -0.2) is 0 Å². The molecule has 1 unspecified atom stereocenters. The number of carbonyl (C=O) groups is 3. The van der Waals surface area contributed by atoms with Crippen molar-refractivity contribution in [2.75, 3.05) is 31.5 Å². The number of hydrogen-bond acceptors (Lipinski definition) is 4. The standard InChI is InChI=1S/C17H24N4O3/c1-3-20-9-4-10-21(11-15(20)22)17(24)16(23)19-14-7-5-13(6-8-14)12(2)18/h5-8,12H,3-4,9-11,18H2,1-2H3,(H,19,23). The predicted molar refractivity (Wildman–Crippen MR) is 91.1 cm³/mol. The summed E-state index contributed by atoms with van der Waals surface area (Å²) in [6.07, 6.45) is 0.668. The average Bonchev–Trinajstić information content (AvgIpc) is 2.75. The van der Waals surface area contributed by atoms with Gasteiger partial charge in [-0.3, -0.25) is 14.4 Å². The number of nitrogens with two attached hydrogens (primary N) is 1. The highest BCUT2D eigenvalue weighted by molar-refractivity contribution is 6.39. The van der Waals surface area contributed by atoms with Gasteiger partial charge in [0.15, 0.2) is 0 Å². The van der Waals surface area contributed by atoms with Crippen LogP contribution in [0.3, 0.4) is 0 Å². The first-order valence-electron chi connectivity index (χ1n) is 8.16. The summed E-state index contributed by atoms with van der Waals surface area (Å²) in [7, 11) is 0. The maximum absolute atomic E-state index is 12.3. The van der Waals surface area contributed by atoms with Gasteiger partial charge in [-0.15, -0.1) is 0 Å². The fourth-order valence-corrected chi connectivity index (χ4v) is 2.63. The normalized spacial score (nSPS) is 16.5. The van der Waals surface area contributed by atoms with E-state index in [1.807, 2.05) is 13.8 Å². The first-order chi connectivity index (χ1) is 11.4. The number of nitrogens with zero attached hydrogens (tertiary/aromatic N) is 2. The molecule has 7 nitrogen and oxygen atoms in total. The zero-order valence-corrected chi connectivity index (χ0v) is 14.1. The molecule has 1 fully saturated rings. The van der Waals surface area contributed by atoms with E-state index in [-0.39, 0.29) is 18.5 Å². The Labute approximate surface area is 141 Å². The second kappa shape index (κ2) is 7.92. The van der Waals surface area contributed by atoms with Crippen LogP contribution in [-0.4, -0.2) is 53.7 Å². The van der Waals surface area contributed by atoms with E-state index in [1.54, 1.807) is 29.2 Å². The largest absolute Gasteiger partial charge is 0.341 e. The lowest BCUT2D eigenvalue weighted by molar-refractivity contribution is -0.145. The average molecular weight is 332 g/mol. The zero-order chi connectivity index (χ0) is 17.7. The molecule has 3 N–H and O–H groups in total. The van der Waals surface area contributed by atoms with Gasteiger partial charge < -0.3 is 20.9 Å². The molecule has 2 rings (SSSR count). The summed E-state index contributed by atoms with van der Waals surface area (Å²) in [5, 5.41) is 2.57. The maximum atomic E-state index is 12.3. The van der Waals surface area contributed by atoms with Crippen LogP contribution in [0, 0.1) is 0 Å². The highest BCUT2D eigenvalue weighted by Gasteiger charge is 2.28. The van der Waals surface area contributed by atoms with E-state index in [9.17, 15) is 14.4 Å². The van der Waals surface area contributed by atoms with Gasteiger partial charge >= 0.3 is 11.8 Å². The van der Waals surface area contributed by atoms with Crippen LogP contribution in [0.1, 0.15) is 31.9 Å². The molecule has 0 bridgehead atoms. The fraction of sp³-hybridized carbons (Fsp3) is 0.471. The van der Waals surface area contributed by atoms with E-state index in [2.05, 4.69) is 5.32 Å². The van der Waals surface area contributed by atoms with E-state index in [4.69, 9.17) is 5.73 Å². The van der Waals surface area contributed by atoms with Crippen LogP contribution >= 0.6 is 0 Å². The van der Waals surface area contributed by atoms with Crippen molar-refractivity contribution in [3.63, 3.8) is 0 Å². The quantitative estimate of drug-likeness (QED) is 0.798. The Bertz CT molecular complexity index is 613. The van der Waals surface area contributed by atoms with Crippen molar-refractivity contribution in [3.8, 4) is 0 Å². The van der Waals surface area contributed by atoms with Crippen molar-refractivity contribution >= 4 is 23.4 Å². The minimum Gasteiger partial charge on any atom is -0.341 e. The number of hydrogen-bond donors (Lipinski definition) is 2. The third-order valence-corrected chi connectivity index (χ3v) is 4.09. The van der Waals surface area contributed by atoms with Crippen LogP contribution in [0.25, 0.3) is 0 Å². The van der Waals surface area contributed by atoms with Gasteiger partial charge in [0, 0.05) is 31.4 Å². The topological polar surface area (TPSA) is 95.7 Å². The summed E-state index contributed by atoms with van der Waals surface area (Å²) < 4.78 is 0. The summed E-state index contributed by atoms with van der Waals surface area (Å²) in [5.74, 6) is -1.55. The minimum absolute atomic E-state index is 0.0519. The van der Waals surface area contributed by atoms with E-state index < -0.39 is 11.8 Å². The number of likely N-dealkylation sites (N-methyl/N-ethyl adjacent to an activating group) is 1. The third-order valence-electron chi connectivity index (χ3n) is 4.09. The molecule has 1 aliphatic rings. The first kappa shape index (κ1) is 17.9. The Morgan fingerprint density at radius 3 is 2.50 bits per heavy atom. The molecule has 7 heteroatoms. The van der Waals surface area contributed by atoms with Crippen LogP contribution < -0.4 is 11.1 Å². The summed E-state index contributed by atoms with van der Waals surface area (Å²) in [6, 6.07) is 6.92. The van der Waals surface area contributed by atoms with Crippen molar-refractivity contribution in [2.45, 2.75) is 26.3 Å². The molecule has 1 aromatic carbocycles. The maximum Gasteiger partial charge on any atom is 0.313 e. The van der Waals surface area contributed by atoms with Gasteiger partial charge in [0.25, 0.3) is 0 Å². The molecule has 1 heterocycles. The second-order valence-electron chi connectivity index (χ2n) is 5.92. The van der Waals surface area contributed by atoms with Crippen LogP contribution in [0.4, 0.5) is 5.69 Å². The van der Waals surface area contributed by atoms with E-state index >= 15 is 0 Å². The molecule has 1 saturated heterocycles. The molecule has 24 heavy (non-hydrogen) atoms. The van der Waals surface area contributed by atoms with Gasteiger partial charge in [-0.05, 0) is 38.0 Å². The Morgan fingerprint density at radius 2 is 1.92 bits per heavy atom. The molecule has 0 radical (unpaired) electrons. The van der Waals surface area contributed by atoms with Gasteiger partial charge in [0.1, 0.15) is 6.54 Å². The molecule has 1 aromatic rings. The summed E-state index contributed by atoms with van der Waals surface area (Å²) in [6.45, 7) is 5.33. The molecule has 0 aromatic heterocycles. The molecule has 1 aliphatic heterocycles. The second-order valence-corrected chi connectivity index (χ2v) is 5.92. The lowest BCUT2D eigenvalue weighted by Gasteiger charge is -2.20. The molecule has 0 spiro atoms. The predicted octanol–water partition coefficient (Wildman–Crippen LogP) is 0.726. The number of anilines is 1. The van der Waals surface area contributed by atoms with Crippen LogP contribution in [-0.2, 0) is 14.4 Å². The van der Waals surface area contributed by atoms with Crippen molar-refractivity contribution in [3.05, 3.63) is 29.8 Å². The summed E-state index contributed by atoms with van der Waals surface area (Å²) in [5.41, 5.74) is 7.24. The smallest absolute Gasteiger partial charge is 0.313 e. The molecule has 0 aliphatic carbocycles. The lowest BCUT2D eigenvalue weighted by atomic mass is 10.1. The van der Waals surface area contributed by atoms with E-state index in [1.165, 1.54) is 4.90 Å². The molecule has 0 saturated carbocycles. The molecule has 130 valence electrons. The number of amides is 3. The van der Waals surface area contributed by atoms with Crippen LogP contribution in [0.15, 0.2) is 24.3 Å². The van der Waals surface area contributed by atoms with Gasteiger partial charge in [0.2, 0.25) is 5.91 Å². The van der Waals surface area contributed by atoms with Crippen molar-refractivity contribution in [2.24, 2.45) is 5.73 Å². The van der Waals surface area contributed by atoms with Gasteiger partial charge in [-0.2, -0.15) is 0 Å². The van der Waals surface area contributed by atoms with Crippen molar-refractivity contribution in [1.29, 1.82) is 0 Å². The molecule has 3 amide bonds. The molecular formula is C17H24N4O3. The van der Waals surface area contributed by atoms with Gasteiger partial charge in [-0.1, -0.05) is 12.1 Å². The SMILES string of the molecule is CCN1CCCN(C(=O)C(=O)Nc2ccc(C(C)N)cc2)CC1=O. The molecular weight excluding hydrogens is 308 g/mol. The minimum atomic E-state index is -0.735. The number of carbonyl (C=O) groups excluding carboxylic acids is 3. The number of benzene rings is 1. The lowest BCUT2D eigenvalue weighted by Crippen LogP contribution is -2.43. The number of rotatable bonds is 3. The number of nitrogens with one attached hydrogen (secondary N) is 1. The summed E-state index contributed by atoms with van der Waals surface area (Å²) >= 11 is 0. The Balaban J connectivity index is 1.98. The Hall–Kier alpha value is -2.41. The first-order valence-corrected chi connectivity index (χ1v) is 8.16. The molecule has 1 atom stereocenters. The highest BCUT2D eigenvalue weighted by Crippen LogP contribution is 2.14. The van der Waals surface area contributed by atoms with Crippen molar-refractivity contribution in [1.82, 2.24) is 9.80 Å². The summed E-state index contributed by atoms with van der Waals surface area (Å²) in [4.78, 5) is 39.5. The monoisotopic (exact) mass is 332 g/mol. The van der Waals surface area contributed by atoms with E-state index in [0.29, 0.717) is 31.7 Å². The third kappa shape index (κ3) is 4.32. The van der Waals surface area contributed by atoms with Crippen LogP contribution in [0.2, 0.25) is 0 Å². The zero-order valence-electron chi connectivity index (χ0n) is 14.1. The Morgan fingerprint density at radius 1 is 1.25 bits per heavy atom. The fourth-order valence-electron chi connectivity index (χ4n) is 2.63. The van der Waals surface area contributed by atoms with E-state index in [0.717, 1.165) is 5.56 Å². The van der Waals surface area contributed by atoms with Crippen molar-refractivity contribution < 1.29 is 14.4 Å².